The van der Waals surface area contributed by atoms with Gasteiger partial charge in [0.1, 0.15) is 0 Å². The van der Waals surface area contributed by atoms with Crippen molar-refractivity contribution in [2.24, 2.45) is 0 Å². The van der Waals surface area contributed by atoms with E-state index in [1.54, 1.807) is 20.0 Å². The Kier molecular flexibility index (Phi) is 2.83. The molecule has 0 bridgehead atoms. The Morgan fingerprint density at radius 2 is 2.00 bits per heavy atom. The van der Waals surface area contributed by atoms with Gasteiger partial charge >= 0.3 is 6.03 Å². The molecule has 0 aliphatic carbocycles. The molecule has 3 nitrogen and oxygen atoms in total. The molecule has 0 spiro atoms. The number of carbonyl (C=O) groups is 1. The van der Waals surface area contributed by atoms with Crippen LogP contribution in [0, 0.1) is 11.6 Å². The first-order valence-corrected chi connectivity index (χ1v) is 5.16. The lowest BCUT2D eigenvalue weighted by Crippen LogP contribution is -2.42. The summed E-state index contributed by atoms with van der Waals surface area (Å²) >= 11 is 0. The van der Waals surface area contributed by atoms with Gasteiger partial charge < -0.3 is 10.2 Å². The second-order valence-corrected chi connectivity index (χ2v) is 3.97. The van der Waals surface area contributed by atoms with E-state index in [0.29, 0.717) is 5.56 Å². The third kappa shape index (κ3) is 2.13. The summed E-state index contributed by atoms with van der Waals surface area (Å²) in [6.45, 7) is 1.78. The average molecular weight is 238 g/mol. The molecular formula is C12H12F2N2O. The molecule has 0 fully saturated rings. The SMILES string of the molecule is CC1=CC(c2ccc(F)c(F)c2)NC(=O)N1C. The van der Waals surface area contributed by atoms with Gasteiger partial charge in [0.2, 0.25) is 0 Å². The Morgan fingerprint density at radius 1 is 1.29 bits per heavy atom. The largest absolute Gasteiger partial charge is 0.327 e. The topological polar surface area (TPSA) is 32.3 Å². The molecule has 1 heterocycles. The summed E-state index contributed by atoms with van der Waals surface area (Å²) in [5, 5.41) is 2.68. The highest BCUT2D eigenvalue weighted by Crippen LogP contribution is 2.23. The predicted molar refractivity (Wildman–Crippen MR) is 59.2 cm³/mol. The standard InChI is InChI=1S/C12H12F2N2O/c1-7-5-11(15-12(17)16(7)2)8-3-4-9(13)10(14)6-8/h3-6,11H,1-2H3,(H,15,17). The van der Waals surface area contributed by atoms with E-state index in [0.717, 1.165) is 17.8 Å². The number of allylic oxidation sites excluding steroid dienone is 1. The van der Waals surface area contributed by atoms with Crippen LogP contribution in [0.4, 0.5) is 13.6 Å². The molecular weight excluding hydrogens is 226 g/mol. The van der Waals surface area contributed by atoms with Gasteiger partial charge in [0.15, 0.2) is 11.6 Å². The predicted octanol–water partition coefficient (Wildman–Crippen LogP) is 2.56. The number of nitrogens with one attached hydrogen (secondary N) is 1. The van der Waals surface area contributed by atoms with Crippen molar-refractivity contribution in [2.45, 2.75) is 13.0 Å². The molecule has 0 aromatic heterocycles. The molecule has 1 aromatic carbocycles. The maximum Gasteiger partial charge on any atom is 0.322 e. The maximum atomic E-state index is 13.1. The number of amides is 2. The van der Waals surface area contributed by atoms with Gasteiger partial charge in [-0.3, -0.25) is 0 Å². The molecule has 90 valence electrons. The van der Waals surface area contributed by atoms with Crippen LogP contribution in [-0.4, -0.2) is 18.0 Å². The fourth-order valence-corrected chi connectivity index (χ4v) is 1.67. The van der Waals surface area contributed by atoms with Gasteiger partial charge in [-0.25, -0.2) is 13.6 Å². The number of urea groups is 1. The van der Waals surface area contributed by atoms with E-state index in [1.807, 2.05) is 0 Å². The third-order valence-corrected chi connectivity index (χ3v) is 2.82. The van der Waals surface area contributed by atoms with E-state index in [2.05, 4.69) is 5.32 Å². The molecule has 17 heavy (non-hydrogen) atoms. The van der Waals surface area contributed by atoms with Gasteiger partial charge in [-0.05, 0) is 30.7 Å². The van der Waals surface area contributed by atoms with Gasteiger partial charge in [-0.2, -0.15) is 0 Å². The summed E-state index contributed by atoms with van der Waals surface area (Å²) in [5.74, 6) is -1.81. The number of hydrogen-bond acceptors (Lipinski definition) is 1. The van der Waals surface area contributed by atoms with Crippen molar-refractivity contribution in [1.29, 1.82) is 0 Å². The van der Waals surface area contributed by atoms with Crippen LogP contribution in [-0.2, 0) is 0 Å². The summed E-state index contributed by atoms with van der Waals surface area (Å²) in [6.07, 6.45) is 1.79. The summed E-state index contributed by atoms with van der Waals surface area (Å²) in [6, 6.07) is 2.92. The van der Waals surface area contributed by atoms with E-state index in [-0.39, 0.29) is 6.03 Å². The smallest absolute Gasteiger partial charge is 0.322 e. The van der Waals surface area contributed by atoms with E-state index >= 15 is 0 Å². The molecule has 0 saturated heterocycles. The van der Waals surface area contributed by atoms with Crippen LogP contribution >= 0.6 is 0 Å². The van der Waals surface area contributed by atoms with Gasteiger partial charge in [-0.1, -0.05) is 6.07 Å². The van der Waals surface area contributed by atoms with Crippen molar-refractivity contribution in [1.82, 2.24) is 10.2 Å². The molecule has 2 amide bonds. The van der Waals surface area contributed by atoms with Crippen molar-refractivity contribution in [3.63, 3.8) is 0 Å². The monoisotopic (exact) mass is 238 g/mol. The molecule has 1 aliphatic heterocycles. The number of carbonyl (C=O) groups excluding carboxylic acids is 1. The minimum atomic E-state index is -0.915. The average Bonchev–Trinajstić information content (AvgIpc) is 2.29. The zero-order valence-corrected chi connectivity index (χ0v) is 9.50. The van der Waals surface area contributed by atoms with Crippen LogP contribution in [0.15, 0.2) is 30.0 Å². The summed E-state index contributed by atoms with van der Waals surface area (Å²) in [7, 11) is 1.64. The highest BCUT2D eigenvalue weighted by atomic mass is 19.2. The molecule has 1 unspecified atom stereocenters. The van der Waals surface area contributed by atoms with Crippen molar-refractivity contribution in [2.75, 3.05) is 7.05 Å². The van der Waals surface area contributed by atoms with E-state index < -0.39 is 17.7 Å². The Hall–Kier alpha value is -1.91. The second-order valence-electron chi connectivity index (χ2n) is 3.97. The highest BCUT2D eigenvalue weighted by Gasteiger charge is 2.22. The second kappa shape index (κ2) is 4.16. The molecule has 0 saturated carbocycles. The van der Waals surface area contributed by atoms with Crippen LogP contribution in [0.5, 0.6) is 0 Å². The van der Waals surface area contributed by atoms with Gasteiger partial charge in [0, 0.05) is 12.7 Å². The summed E-state index contributed by atoms with van der Waals surface area (Å²) in [5.41, 5.74) is 1.29. The van der Waals surface area contributed by atoms with Gasteiger partial charge in [0.25, 0.3) is 0 Å². The van der Waals surface area contributed by atoms with Crippen molar-refractivity contribution in [3.8, 4) is 0 Å². The maximum absolute atomic E-state index is 13.1. The van der Waals surface area contributed by atoms with Crippen LogP contribution in [0.3, 0.4) is 0 Å². The first-order chi connectivity index (χ1) is 7.99. The Labute approximate surface area is 97.7 Å². The summed E-state index contributed by atoms with van der Waals surface area (Å²) in [4.78, 5) is 13.0. The third-order valence-electron chi connectivity index (χ3n) is 2.82. The fraction of sp³-hybridized carbons (Fsp3) is 0.250. The minimum absolute atomic E-state index is 0.264. The quantitative estimate of drug-likeness (QED) is 0.801. The first kappa shape index (κ1) is 11.6. The van der Waals surface area contributed by atoms with Crippen molar-refractivity contribution >= 4 is 6.03 Å². The Balaban J connectivity index is 2.35. The number of rotatable bonds is 1. The summed E-state index contributed by atoms with van der Waals surface area (Å²) < 4.78 is 25.9. The minimum Gasteiger partial charge on any atom is -0.327 e. The fourth-order valence-electron chi connectivity index (χ4n) is 1.67. The van der Waals surface area contributed by atoms with Crippen LogP contribution in [0.25, 0.3) is 0 Å². The van der Waals surface area contributed by atoms with E-state index in [4.69, 9.17) is 0 Å². The molecule has 1 aliphatic rings. The van der Waals surface area contributed by atoms with Gasteiger partial charge in [-0.15, -0.1) is 0 Å². The van der Waals surface area contributed by atoms with Crippen LogP contribution in [0.2, 0.25) is 0 Å². The van der Waals surface area contributed by atoms with E-state index in [1.165, 1.54) is 11.0 Å². The zero-order valence-electron chi connectivity index (χ0n) is 9.50. The normalized spacial score (nSPS) is 20.0. The number of benzene rings is 1. The molecule has 5 heteroatoms. The molecule has 1 aromatic rings. The lowest BCUT2D eigenvalue weighted by Gasteiger charge is -2.28. The lowest BCUT2D eigenvalue weighted by atomic mass is 10.0. The molecule has 1 atom stereocenters. The van der Waals surface area contributed by atoms with Crippen LogP contribution < -0.4 is 5.32 Å². The zero-order chi connectivity index (χ0) is 12.6. The lowest BCUT2D eigenvalue weighted by molar-refractivity contribution is 0.212. The molecule has 2 rings (SSSR count). The van der Waals surface area contributed by atoms with Gasteiger partial charge in [0.05, 0.1) is 6.04 Å². The number of nitrogens with zero attached hydrogens (tertiary/aromatic N) is 1. The Morgan fingerprint density at radius 3 is 2.59 bits per heavy atom. The molecule has 0 radical (unpaired) electrons. The van der Waals surface area contributed by atoms with E-state index in [9.17, 15) is 13.6 Å². The highest BCUT2D eigenvalue weighted by molar-refractivity contribution is 5.78. The van der Waals surface area contributed by atoms with Crippen molar-refractivity contribution in [3.05, 3.63) is 47.2 Å². The van der Waals surface area contributed by atoms with Crippen molar-refractivity contribution < 1.29 is 13.6 Å². The van der Waals surface area contributed by atoms with Crippen LogP contribution in [0.1, 0.15) is 18.5 Å². The number of hydrogen-bond donors (Lipinski definition) is 1. The molecule has 1 N–H and O–H groups in total. The number of halogens is 2. The first-order valence-electron chi connectivity index (χ1n) is 5.16. The Bertz CT molecular complexity index is 499.